The standard InChI is InChI=1S/C35H34O4/c1-25(29-18-11-20-31(23-29)33(36)27-14-5-3-6-15-27)13-9-10-22-39-35(38)26(2)30-19-12-21-32(24-30)34(37)28-16-7-4-8-17-28/h3-8,11-12,14-21,23-26H,9-10,13,22H2,1-2H3. The fourth-order valence-electron chi connectivity index (χ4n) is 4.60. The van der Waals surface area contributed by atoms with Gasteiger partial charge in [-0.05, 0) is 55.4 Å². The molecule has 0 spiro atoms. The van der Waals surface area contributed by atoms with Gasteiger partial charge in [-0.2, -0.15) is 0 Å². The molecule has 0 aliphatic carbocycles. The molecule has 4 aromatic carbocycles. The predicted molar refractivity (Wildman–Crippen MR) is 154 cm³/mol. The van der Waals surface area contributed by atoms with E-state index in [-0.39, 0.29) is 23.5 Å². The molecule has 4 rings (SSSR count). The summed E-state index contributed by atoms with van der Waals surface area (Å²) in [4.78, 5) is 38.3. The Balaban J connectivity index is 1.24. The zero-order valence-electron chi connectivity index (χ0n) is 22.5. The molecule has 0 saturated carbocycles. The zero-order chi connectivity index (χ0) is 27.6. The Bertz CT molecular complexity index is 1410. The van der Waals surface area contributed by atoms with Gasteiger partial charge in [-0.15, -0.1) is 0 Å². The highest BCUT2D eigenvalue weighted by Gasteiger charge is 2.19. The minimum atomic E-state index is -0.461. The maximum absolute atomic E-state index is 12.8. The van der Waals surface area contributed by atoms with Crippen molar-refractivity contribution in [3.63, 3.8) is 0 Å². The Hall–Kier alpha value is -4.31. The Morgan fingerprint density at radius 1 is 0.590 bits per heavy atom. The minimum Gasteiger partial charge on any atom is -0.465 e. The third-order valence-corrected chi connectivity index (χ3v) is 7.07. The Kier molecular flexibility index (Phi) is 9.58. The van der Waals surface area contributed by atoms with Gasteiger partial charge in [0.25, 0.3) is 0 Å². The lowest BCUT2D eigenvalue weighted by molar-refractivity contribution is -0.145. The van der Waals surface area contributed by atoms with Gasteiger partial charge in [0.15, 0.2) is 11.6 Å². The molecule has 0 saturated heterocycles. The van der Waals surface area contributed by atoms with Crippen LogP contribution in [0.5, 0.6) is 0 Å². The fourth-order valence-corrected chi connectivity index (χ4v) is 4.60. The largest absolute Gasteiger partial charge is 0.465 e. The van der Waals surface area contributed by atoms with Gasteiger partial charge in [0, 0.05) is 22.3 Å². The highest BCUT2D eigenvalue weighted by Crippen LogP contribution is 2.24. The lowest BCUT2D eigenvalue weighted by atomic mass is 9.92. The van der Waals surface area contributed by atoms with E-state index in [0.717, 1.165) is 30.4 Å². The van der Waals surface area contributed by atoms with Crippen molar-refractivity contribution in [1.29, 1.82) is 0 Å². The highest BCUT2D eigenvalue weighted by molar-refractivity contribution is 6.09. The summed E-state index contributed by atoms with van der Waals surface area (Å²) >= 11 is 0. The SMILES string of the molecule is CC(CCCCOC(=O)C(C)c1cccc(C(=O)c2ccccc2)c1)c1cccc(C(=O)c2ccccc2)c1. The Labute approximate surface area is 230 Å². The number of ether oxygens (including phenoxy) is 1. The van der Waals surface area contributed by atoms with Gasteiger partial charge in [0.2, 0.25) is 0 Å². The average molecular weight is 519 g/mol. The van der Waals surface area contributed by atoms with E-state index in [1.807, 2.05) is 72.8 Å². The first-order chi connectivity index (χ1) is 18.9. The van der Waals surface area contributed by atoms with Crippen LogP contribution in [-0.4, -0.2) is 24.1 Å². The predicted octanol–water partition coefficient (Wildman–Crippen LogP) is 7.77. The van der Waals surface area contributed by atoms with E-state index in [0.29, 0.717) is 28.9 Å². The fraction of sp³-hybridized carbons (Fsp3) is 0.229. The lowest BCUT2D eigenvalue weighted by Crippen LogP contribution is -2.14. The molecule has 0 fully saturated rings. The van der Waals surface area contributed by atoms with E-state index < -0.39 is 5.92 Å². The molecule has 0 N–H and O–H groups in total. The van der Waals surface area contributed by atoms with Gasteiger partial charge in [0.05, 0.1) is 12.5 Å². The number of hydrogen-bond donors (Lipinski definition) is 0. The van der Waals surface area contributed by atoms with Crippen LogP contribution in [0.1, 0.15) is 87.9 Å². The van der Waals surface area contributed by atoms with Crippen LogP contribution in [0.3, 0.4) is 0 Å². The number of benzene rings is 4. The van der Waals surface area contributed by atoms with Gasteiger partial charge in [-0.25, -0.2) is 0 Å². The van der Waals surface area contributed by atoms with E-state index in [2.05, 4.69) is 13.0 Å². The molecule has 0 bridgehead atoms. The van der Waals surface area contributed by atoms with E-state index in [1.54, 1.807) is 37.3 Å². The Morgan fingerprint density at radius 3 is 1.64 bits per heavy atom. The minimum absolute atomic E-state index is 0.0284. The molecule has 0 radical (unpaired) electrons. The first-order valence-electron chi connectivity index (χ1n) is 13.5. The molecule has 4 aromatic rings. The molecule has 0 aliphatic heterocycles. The number of hydrogen-bond acceptors (Lipinski definition) is 4. The number of esters is 1. The van der Waals surface area contributed by atoms with Crippen LogP contribution in [0.2, 0.25) is 0 Å². The van der Waals surface area contributed by atoms with Crippen LogP contribution in [-0.2, 0) is 9.53 Å². The van der Waals surface area contributed by atoms with Crippen molar-refractivity contribution in [2.24, 2.45) is 0 Å². The average Bonchev–Trinajstić information content (AvgIpc) is 3.00. The van der Waals surface area contributed by atoms with Crippen molar-refractivity contribution >= 4 is 17.5 Å². The zero-order valence-corrected chi connectivity index (χ0v) is 22.5. The molecule has 198 valence electrons. The number of rotatable bonds is 12. The maximum Gasteiger partial charge on any atom is 0.313 e. The summed E-state index contributed by atoms with van der Waals surface area (Å²) in [6.45, 7) is 4.31. The second-order valence-corrected chi connectivity index (χ2v) is 9.93. The normalized spacial score (nSPS) is 12.4. The van der Waals surface area contributed by atoms with Crippen molar-refractivity contribution in [1.82, 2.24) is 0 Å². The second-order valence-electron chi connectivity index (χ2n) is 9.93. The lowest BCUT2D eigenvalue weighted by Gasteiger charge is -2.15. The van der Waals surface area contributed by atoms with Crippen molar-refractivity contribution in [3.05, 3.63) is 143 Å². The summed E-state index contributed by atoms with van der Waals surface area (Å²) in [6, 6.07) is 33.5. The highest BCUT2D eigenvalue weighted by atomic mass is 16.5. The first kappa shape index (κ1) is 27.7. The summed E-state index contributed by atoms with van der Waals surface area (Å²) in [5, 5.41) is 0. The summed E-state index contributed by atoms with van der Waals surface area (Å²) < 4.78 is 5.56. The van der Waals surface area contributed by atoms with Gasteiger partial charge in [-0.3, -0.25) is 14.4 Å². The summed E-state index contributed by atoms with van der Waals surface area (Å²) in [5.74, 6) is -0.507. The number of carbonyl (C=O) groups excluding carboxylic acids is 3. The van der Waals surface area contributed by atoms with E-state index in [4.69, 9.17) is 4.74 Å². The molecular formula is C35H34O4. The van der Waals surface area contributed by atoms with E-state index in [1.165, 1.54) is 0 Å². The van der Waals surface area contributed by atoms with Crippen LogP contribution >= 0.6 is 0 Å². The number of ketones is 2. The molecule has 39 heavy (non-hydrogen) atoms. The molecule has 0 amide bonds. The maximum atomic E-state index is 12.8. The molecule has 2 atom stereocenters. The summed E-state index contributed by atoms with van der Waals surface area (Å²) in [5.41, 5.74) is 4.46. The number of unbranched alkanes of at least 4 members (excludes halogenated alkanes) is 1. The van der Waals surface area contributed by atoms with Crippen LogP contribution < -0.4 is 0 Å². The van der Waals surface area contributed by atoms with Crippen molar-refractivity contribution in [2.45, 2.75) is 44.9 Å². The topological polar surface area (TPSA) is 60.4 Å². The molecule has 0 aromatic heterocycles. The Morgan fingerprint density at radius 2 is 1.08 bits per heavy atom. The third kappa shape index (κ3) is 7.38. The van der Waals surface area contributed by atoms with Gasteiger partial charge in [-0.1, -0.05) is 104 Å². The summed E-state index contributed by atoms with van der Waals surface area (Å²) in [7, 11) is 0. The quantitative estimate of drug-likeness (QED) is 0.109. The molecule has 4 heteroatoms. The van der Waals surface area contributed by atoms with Crippen LogP contribution in [0.4, 0.5) is 0 Å². The van der Waals surface area contributed by atoms with Gasteiger partial charge < -0.3 is 4.74 Å². The molecule has 4 nitrogen and oxygen atoms in total. The van der Waals surface area contributed by atoms with Crippen LogP contribution in [0, 0.1) is 0 Å². The molecular weight excluding hydrogens is 484 g/mol. The molecule has 2 unspecified atom stereocenters. The third-order valence-electron chi connectivity index (χ3n) is 7.07. The molecule has 0 aliphatic rings. The van der Waals surface area contributed by atoms with E-state index >= 15 is 0 Å². The van der Waals surface area contributed by atoms with Crippen molar-refractivity contribution in [3.8, 4) is 0 Å². The van der Waals surface area contributed by atoms with Crippen molar-refractivity contribution < 1.29 is 19.1 Å². The van der Waals surface area contributed by atoms with E-state index in [9.17, 15) is 14.4 Å². The number of carbonyl (C=O) groups is 3. The monoisotopic (exact) mass is 518 g/mol. The van der Waals surface area contributed by atoms with Gasteiger partial charge >= 0.3 is 5.97 Å². The smallest absolute Gasteiger partial charge is 0.313 e. The first-order valence-corrected chi connectivity index (χ1v) is 13.5. The van der Waals surface area contributed by atoms with Crippen LogP contribution in [0.25, 0.3) is 0 Å². The second kappa shape index (κ2) is 13.5. The van der Waals surface area contributed by atoms with Gasteiger partial charge in [0.1, 0.15) is 0 Å². The van der Waals surface area contributed by atoms with Crippen molar-refractivity contribution in [2.75, 3.05) is 6.61 Å². The van der Waals surface area contributed by atoms with Crippen LogP contribution in [0.15, 0.2) is 109 Å². The summed E-state index contributed by atoms with van der Waals surface area (Å²) in [6.07, 6.45) is 2.60. The molecule has 0 heterocycles.